The molecule has 0 bridgehead atoms. The quantitative estimate of drug-likeness (QED) is 0.475. The van der Waals surface area contributed by atoms with Crippen LogP contribution in [0.5, 0.6) is 0 Å². The van der Waals surface area contributed by atoms with Crippen molar-refractivity contribution in [3.05, 3.63) is 59.9 Å². The van der Waals surface area contributed by atoms with Crippen LogP contribution in [0.3, 0.4) is 0 Å². The zero-order valence-corrected chi connectivity index (χ0v) is 13.7. The molecule has 6 nitrogen and oxygen atoms in total. The van der Waals surface area contributed by atoms with E-state index in [1.54, 1.807) is 18.2 Å². The summed E-state index contributed by atoms with van der Waals surface area (Å²) in [5.41, 5.74) is 1.12. The zero-order valence-electron chi connectivity index (χ0n) is 13.7. The van der Waals surface area contributed by atoms with Gasteiger partial charge in [-0.1, -0.05) is 6.58 Å². The summed E-state index contributed by atoms with van der Waals surface area (Å²) in [6.45, 7) is 5.13. The molecule has 0 radical (unpaired) electrons. The maximum Gasteiger partial charge on any atom is 0.337 e. The standard InChI is InChI=1S/C18H19NO5/c1-4-7-19-11-15-5-6-16(24-15)12-8-13(17(20)22-2)10-14(9-12)18(21)23-3/h4-6,8-10,19H,1,7,11H2,2-3H3/p+1. The van der Waals surface area contributed by atoms with Crippen molar-refractivity contribution in [2.45, 2.75) is 6.54 Å². The third kappa shape index (κ3) is 4.11. The Morgan fingerprint density at radius 1 is 1.12 bits per heavy atom. The highest BCUT2D eigenvalue weighted by Gasteiger charge is 2.16. The zero-order chi connectivity index (χ0) is 17.5. The summed E-state index contributed by atoms with van der Waals surface area (Å²) in [5, 5.41) is 2.04. The van der Waals surface area contributed by atoms with Crippen LogP contribution in [0, 0.1) is 0 Å². The monoisotopic (exact) mass is 330 g/mol. The van der Waals surface area contributed by atoms with E-state index in [9.17, 15) is 9.59 Å². The van der Waals surface area contributed by atoms with Crippen LogP contribution in [0.4, 0.5) is 0 Å². The van der Waals surface area contributed by atoms with Crippen molar-refractivity contribution in [1.82, 2.24) is 0 Å². The number of benzene rings is 1. The van der Waals surface area contributed by atoms with Gasteiger partial charge in [0.05, 0.1) is 31.9 Å². The van der Waals surface area contributed by atoms with Crippen molar-refractivity contribution in [2.24, 2.45) is 0 Å². The fourth-order valence-electron chi connectivity index (χ4n) is 2.23. The van der Waals surface area contributed by atoms with E-state index in [4.69, 9.17) is 13.9 Å². The van der Waals surface area contributed by atoms with E-state index in [1.807, 2.05) is 17.5 Å². The third-order valence-electron chi connectivity index (χ3n) is 3.40. The maximum atomic E-state index is 11.8. The molecule has 0 saturated heterocycles. The fraction of sp³-hybridized carbons (Fsp3) is 0.222. The van der Waals surface area contributed by atoms with Crippen LogP contribution in [0.15, 0.2) is 47.4 Å². The van der Waals surface area contributed by atoms with Crippen molar-refractivity contribution < 1.29 is 28.8 Å². The summed E-state index contributed by atoms with van der Waals surface area (Å²) in [5.74, 6) is 0.282. The second-order valence-corrected chi connectivity index (χ2v) is 5.07. The van der Waals surface area contributed by atoms with Gasteiger partial charge in [0.2, 0.25) is 0 Å². The van der Waals surface area contributed by atoms with Gasteiger partial charge in [-0.05, 0) is 36.4 Å². The van der Waals surface area contributed by atoms with E-state index in [2.05, 4.69) is 6.58 Å². The molecule has 0 spiro atoms. The molecule has 1 aromatic carbocycles. The third-order valence-corrected chi connectivity index (χ3v) is 3.40. The Bertz CT molecular complexity index is 713. The predicted molar refractivity (Wildman–Crippen MR) is 87.5 cm³/mol. The molecule has 0 saturated carbocycles. The number of esters is 2. The molecular weight excluding hydrogens is 310 g/mol. The normalized spacial score (nSPS) is 10.2. The molecule has 6 heteroatoms. The van der Waals surface area contributed by atoms with Gasteiger partial charge >= 0.3 is 11.9 Å². The molecule has 24 heavy (non-hydrogen) atoms. The van der Waals surface area contributed by atoms with E-state index < -0.39 is 11.9 Å². The van der Waals surface area contributed by atoms with Crippen LogP contribution in [0.25, 0.3) is 11.3 Å². The molecule has 0 amide bonds. The predicted octanol–water partition coefficient (Wildman–Crippen LogP) is 1.77. The highest BCUT2D eigenvalue weighted by molar-refractivity contribution is 5.97. The topological polar surface area (TPSA) is 82.3 Å². The van der Waals surface area contributed by atoms with E-state index in [1.165, 1.54) is 20.3 Å². The van der Waals surface area contributed by atoms with Crippen molar-refractivity contribution in [3.63, 3.8) is 0 Å². The molecule has 0 aliphatic rings. The van der Waals surface area contributed by atoms with E-state index in [0.717, 1.165) is 12.3 Å². The molecule has 0 unspecified atom stereocenters. The fourth-order valence-corrected chi connectivity index (χ4v) is 2.23. The number of carbonyl (C=O) groups is 2. The van der Waals surface area contributed by atoms with Crippen molar-refractivity contribution in [2.75, 3.05) is 20.8 Å². The van der Waals surface area contributed by atoms with Crippen LogP contribution >= 0.6 is 0 Å². The Morgan fingerprint density at radius 2 is 1.75 bits per heavy atom. The smallest absolute Gasteiger partial charge is 0.337 e. The number of quaternary nitrogens is 1. The number of ether oxygens (including phenoxy) is 2. The summed E-state index contributed by atoms with van der Waals surface area (Å²) in [7, 11) is 2.57. The van der Waals surface area contributed by atoms with Gasteiger partial charge in [-0.15, -0.1) is 0 Å². The Morgan fingerprint density at radius 3 is 2.29 bits per heavy atom. The van der Waals surface area contributed by atoms with Gasteiger partial charge in [-0.25, -0.2) is 9.59 Å². The molecule has 1 aromatic heterocycles. The average Bonchev–Trinajstić information content (AvgIpc) is 3.09. The molecule has 0 fully saturated rings. The number of hydrogen-bond acceptors (Lipinski definition) is 5. The van der Waals surface area contributed by atoms with Crippen molar-refractivity contribution >= 4 is 11.9 Å². The number of carbonyl (C=O) groups excluding carboxylic acids is 2. The first-order valence-corrected chi connectivity index (χ1v) is 7.42. The number of methoxy groups -OCH3 is 2. The number of hydrogen-bond donors (Lipinski definition) is 1. The molecular formula is C18H20NO5+. The van der Waals surface area contributed by atoms with E-state index in [-0.39, 0.29) is 11.1 Å². The summed E-state index contributed by atoms with van der Waals surface area (Å²) in [6.07, 6.45) is 1.81. The van der Waals surface area contributed by atoms with Crippen LogP contribution < -0.4 is 5.32 Å². The maximum absolute atomic E-state index is 11.8. The largest absolute Gasteiger partial charge is 0.465 e. The summed E-state index contributed by atoms with van der Waals surface area (Å²) < 4.78 is 15.2. The minimum Gasteiger partial charge on any atom is -0.465 e. The Balaban J connectivity index is 2.36. The number of rotatable bonds is 7. The minimum absolute atomic E-state index is 0.256. The van der Waals surface area contributed by atoms with Gasteiger partial charge < -0.3 is 19.2 Å². The Hall–Kier alpha value is -2.86. The SMILES string of the molecule is C=CC[NH2+]Cc1ccc(-c2cc(C(=O)OC)cc(C(=O)OC)c2)o1. The lowest BCUT2D eigenvalue weighted by atomic mass is 10.0. The number of nitrogens with two attached hydrogens (primary N) is 1. The second kappa shape index (κ2) is 8.12. The lowest BCUT2D eigenvalue weighted by Crippen LogP contribution is -2.82. The molecule has 2 rings (SSSR count). The first-order valence-electron chi connectivity index (χ1n) is 7.42. The lowest BCUT2D eigenvalue weighted by molar-refractivity contribution is -0.663. The minimum atomic E-state index is -0.534. The molecule has 1 heterocycles. The van der Waals surface area contributed by atoms with Crippen molar-refractivity contribution in [1.29, 1.82) is 0 Å². The summed E-state index contributed by atoms with van der Waals surface area (Å²) in [4.78, 5) is 23.6. The van der Waals surface area contributed by atoms with E-state index >= 15 is 0 Å². The van der Waals surface area contributed by atoms with Gasteiger partial charge in [0, 0.05) is 5.56 Å². The molecule has 2 aromatic rings. The summed E-state index contributed by atoms with van der Waals surface area (Å²) in [6, 6.07) is 8.33. The van der Waals surface area contributed by atoms with Crippen LogP contribution in [0.1, 0.15) is 26.5 Å². The van der Waals surface area contributed by atoms with Gasteiger partial charge in [0.15, 0.2) is 5.76 Å². The molecule has 0 aliphatic heterocycles. The number of furan rings is 1. The molecule has 0 atom stereocenters. The first-order chi connectivity index (χ1) is 11.6. The molecule has 2 N–H and O–H groups in total. The first kappa shape index (κ1) is 17.5. The summed E-state index contributed by atoms with van der Waals surface area (Å²) >= 11 is 0. The van der Waals surface area contributed by atoms with E-state index in [0.29, 0.717) is 17.9 Å². The lowest BCUT2D eigenvalue weighted by Gasteiger charge is -2.06. The van der Waals surface area contributed by atoms with Gasteiger partial charge in [0.1, 0.15) is 12.3 Å². The van der Waals surface area contributed by atoms with Crippen molar-refractivity contribution in [3.8, 4) is 11.3 Å². The second-order valence-electron chi connectivity index (χ2n) is 5.07. The Kier molecular flexibility index (Phi) is 5.92. The highest BCUT2D eigenvalue weighted by Crippen LogP contribution is 2.25. The van der Waals surface area contributed by atoms with Crippen LogP contribution in [-0.4, -0.2) is 32.7 Å². The van der Waals surface area contributed by atoms with Gasteiger partial charge in [-0.2, -0.15) is 0 Å². The van der Waals surface area contributed by atoms with Crippen LogP contribution in [-0.2, 0) is 16.0 Å². The van der Waals surface area contributed by atoms with Crippen LogP contribution in [0.2, 0.25) is 0 Å². The highest BCUT2D eigenvalue weighted by atomic mass is 16.5. The Labute approximate surface area is 140 Å². The van der Waals surface area contributed by atoms with Gasteiger partial charge in [-0.3, -0.25) is 0 Å². The molecule has 0 aliphatic carbocycles. The molecule has 126 valence electrons. The average molecular weight is 330 g/mol. The van der Waals surface area contributed by atoms with Gasteiger partial charge in [0.25, 0.3) is 0 Å².